The van der Waals surface area contributed by atoms with E-state index in [2.05, 4.69) is 25.4 Å². The van der Waals surface area contributed by atoms with Gasteiger partial charge in [0.1, 0.15) is 5.82 Å². The fourth-order valence-corrected chi connectivity index (χ4v) is 4.89. The van der Waals surface area contributed by atoms with E-state index in [-0.39, 0.29) is 11.6 Å². The maximum atomic E-state index is 12.6. The topological polar surface area (TPSA) is 78.4 Å². The number of nitrogen functional groups attached to an aromatic ring is 1. The number of nitrogens with two attached hydrogens (primary N) is 1. The summed E-state index contributed by atoms with van der Waals surface area (Å²) in [5, 5.41) is 0. The van der Waals surface area contributed by atoms with Gasteiger partial charge in [-0.05, 0) is 30.7 Å². The molecule has 2 aromatic rings. The summed E-state index contributed by atoms with van der Waals surface area (Å²) in [5.41, 5.74) is 7.07. The second kappa shape index (κ2) is 6.37. The lowest BCUT2D eigenvalue weighted by molar-refractivity contribution is -0.0616. The van der Waals surface area contributed by atoms with Crippen LogP contribution >= 0.6 is 0 Å². The van der Waals surface area contributed by atoms with Crippen LogP contribution in [-0.4, -0.2) is 58.4 Å². The number of rotatable bonds is 6. The van der Waals surface area contributed by atoms with Crippen LogP contribution in [0.2, 0.25) is 0 Å². The summed E-state index contributed by atoms with van der Waals surface area (Å²) in [6.45, 7) is 1.02. The molecule has 0 unspecified atom stereocenters. The third-order valence-corrected chi connectivity index (χ3v) is 6.73. The SMILES string of the molecule is Nc1ncc(-c2cn([C@@H]3[C@@H]4CN(C5COC5)C[C@@H]43)c(C3CC3)n2)cc1OC(F)F. The first-order chi connectivity index (χ1) is 14.1. The maximum absolute atomic E-state index is 12.6. The highest BCUT2D eigenvalue weighted by Gasteiger charge is 2.59. The molecule has 4 heterocycles. The minimum Gasteiger partial charge on any atom is -0.431 e. The third-order valence-electron chi connectivity index (χ3n) is 6.73. The summed E-state index contributed by atoms with van der Waals surface area (Å²) in [5.74, 6) is 2.79. The van der Waals surface area contributed by atoms with Crippen LogP contribution in [0.4, 0.5) is 14.6 Å². The van der Waals surface area contributed by atoms with E-state index >= 15 is 0 Å². The lowest BCUT2D eigenvalue weighted by atomic mass is 10.2. The minimum absolute atomic E-state index is 0.0484. The first-order valence-corrected chi connectivity index (χ1v) is 10.2. The number of anilines is 1. The molecule has 154 valence electrons. The zero-order valence-electron chi connectivity index (χ0n) is 15.9. The molecular weight excluding hydrogens is 380 g/mol. The number of likely N-dealkylation sites (tertiary alicyclic amines) is 1. The van der Waals surface area contributed by atoms with Gasteiger partial charge in [0.05, 0.1) is 24.9 Å². The fraction of sp³-hybridized carbons (Fsp3) is 0.600. The molecule has 2 aliphatic carbocycles. The number of piperidine rings is 1. The van der Waals surface area contributed by atoms with Crippen LogP contribution in [0.5, 0.6) is 5.75 Å². The number of nitrogens with zero attached hydrogens (tertiary/aromatic N) is 4. The van der Waals surface area contributed by atoms with Crippen LogP contribution in [0.25, 0.3) is 11.3 Å². The van der Waals surface area contributed by atoms with Crippen molar-refractivity contribution < 1.29 is 18.3 Å². The molecule has 0 aromatic carbocycles. The number of aromatic nitrogens is 3. The van der Waals surface area contributed by atoms with E-state index in [1.165, 1.54) is 6.07 Å². The maximum Gasteiger partial charge on any atom is 0.387 e. The van der Waals surface area contributed by atoms with Crippen molar-refractivity contribution in [3.8, 4) is 17.0 Å². The Hall–Kier alpha value is -2.26. The molecule has 6 rings (SSSR count). The van der Waals surface area contributed by atoms with Gasteiger partial charge in [0, 0.05) is 43.0 Å². The molecule has 7 nitrogen and oxygen atoms in total. The second-order valence-corrected chi connectivity index (χ2v) is 8.62. The van der Waals surface area contributed by atoms with Crippen LogP contribution in [-0.2, 0) is 4.74 Å². The first kappa shape index (κ1) is 17.6. The van der Waals surface area contributed by atoms with Crippen molar-refractivity contribution in [2.75, 3.05) is 32.0 Å². The largest absolute Gasteiger partial charge is 0.431 e. The molecule has 0 spiro atoms. The molecule has 2 aromatic heterocycles. The van der Waals surface area contributed by atoms with Crippen LogP contribution in [0.15, 0.2) is 18.5 Å². The second-order valence-electron chi connectivity index (χ2n) is 8.62. The molecule has 0 amide bonds. The van der Waals surface area contributed by atoms with Gasteiger partial charge in [-0.15, -0.1) is 0 Å². The van der Waals surface area contributed by atoms with Gasteiger partial charge in [-0.3, -0.25) is 4.90 Å². The number of pyridine rings is 1. The van der Waals surface area contributed by atoms with Crippen LogP contribution < -0.4 is 10.5 Å². The van der Waals surface area contributed by atoms with E-state index in [0.717, 1.165) is 50.7 Å². The smallest absolute Gasteiger partial charge is 0.387 e. The van der Waals surface area contributed by atoms with E-state index in [9.17, 15) is 8.78 Å². The molecule has 0 bridgehead atoms. The number of alkyl halides is 2. The summed E-state index contributed by atoms with van der Waals surface area (Å²) in [6, 6.07) is 2.59. The van der Waals surface area contributed by atoms with Crippen molar-refractivity contribution in [2.45, 2.75) is 37.5 Å². The Balaban J connectivity index is 1.27. The van der Waals surface area contributed by atoms with Gasteiger partial charge < -0.3 is 19.8 Å². The van der Waals surface area contributed by atoms with Gasteiger partial charge in [-0.1, -0.05) is 0 Å². The van der Waals surface area contributed by atoms with Gasteiger partial charge >= 0.3 is 6.61 Å². The van der Waals surface area contributed by atoms with E-state index in [1.807, 2.05) is 0 Å². The molecule has 9 heteroatoms. The number of hydrogen-bond donors (Lipinski definition) is 1. The molecule has 2 aliphatic heterocycles. The Labute approximate surface area is 166 Å². The molecule has 2 N–H and O–H groups in total. The fourth-order valence-electron chi connectivity index (χ4n) is 4.89. The molecule has 2 saturated carbocycles. The Morgan fingerprint density at radius 2 is 1.97 bits per heavy atom. The Bertz CT molecular complexity index is 931. The quantitative estimate of drug-likeness (QED) is 0.799. The van der Waals surface area contributed by atoms with Gasteiger partial charge in [0.15, 0.2) is 11.6 Å². The predicted octanol–water partition coefficient (Wildman–Crippen LogP) is 2.51. The molecule has 2 saturated heterocycles. The number of hydrogen-bond acceptors (Lipinski definition) is 6. The molecule has 29 heavy (non-hydrogen) atoms. The summed E-state index contributed by atoms with van der Waals surface area (Å²) in [4.78, 5) is 11.4. The van der Waals surface area contributed by atoms with Crippen LogP contribution in [0.3, 0.4) is 0 Å². The normalized spacial score (nSPS) is 29.1. The monoisotopic (exact) mass is 403 g/mol. The lowest BCUT2D eigenvalue weighted by Crippen LogP contribution is -2.49. The van der Waals surface area contributed by atoms with E-state index < -0.39 is 6.61 Å². The number of halogens is 2. The predicted molar refractivity (Wildman–Crippen MR) is 101 cm³/mol. The summed E-state index contributed by atoms with van der Waals surface area (Å²) in [7, 11) is 0. The van der Waals surface area contributed by atoms with Crippen LogP contribution in [0, 0.1) is 11.8 Å². The standard InChI is InChI=1S/C20H23F2N5O2/c21-20(22)29-16-3-11(4-24-18(16)23)15-7-27(19(25-15)10-1-2-10)17-13-5-26(6-14(13)17)12-8-28-9-12/h3-4,7,10,12-14,17,20H,1-2,5-6,8-9H2,(H2,23,24)/t13-,14+,17-. The molecule has 4 fully saturated rings. The first-order valence-electron chi connectivity index (χ1n) is 10.2. The van der Waals surface area contributed by atoms with Gasteiger partial charge in [-0.2, -0.15) is 8.78 Å². The number of imidazole rings is 1. The Kier molecular flexibility index (Phi) is 3.86. The zero-order chi connectivity index (χ0) is 19.7. The van der Waals surface area contributed by atoms with Crippen molar-refractivity contribution in [3.63, 3.8) is 0 Å². The zero-order valence-corrected chi connectivity index (χ0v) is 15.9. The molecule has 4 aliphatic rings. The van der Waals surface area contributed by atoms with Crippen molar-refractivity contribution in [3.05, 3.63) is 24.3 Å². The van der Waals surface area contributed by atoms with E-state index in [4.69, 9.17) is 15.5 Å². The van der Waals surface area contributed by atoms with E-state index in [1.54, 1.807) is 6.20 Å². The Morgan fingerprint density at radius 1 is 1.21 bits per heavy atom. The van der Waals surface area contributed by atoms with Crippen molar-refractivity contribution >= 4 is 5.82 Å². The third kappa shape index (κ3) is 2.98. The molecule has 0 radical (unpaired) electrons. The molecule has 3 atom stereocenters. The van der Waals surface area contributed by atoms with Crippen molar-refractivity contribution in [2.24, 2.45) is 11.8 Å². The molecular formula is C20H23F2N5O2. The minimum atomic E-state index is -2.94. The van der Waals surface area contributed by atoms with Crippen molar-refractivity contribution in [1.82, 2.24) is 19.4 Å². The highest BCUT2D eigenvalue weighted by atomic mass is 19.3. The van der Waals surface area contributed by atoms with E-state index in [0.29, 0.717) is 35.4 Å². The lowest BCUT2D eigenvalue weighted by Gasteiger charge is -2.36. The summed E-state index contributed by atoms with van der Waals surface area (Å²) >= 11 is 0. The van der Waals surface area contributed by atoms with Gasteiger partial charge in [-0.25, -0.2) is 9.97 Å². The highest BCUT2D eigenvalue weighted by Crippen LogP contribution is 2.58. The number of fused-ring (bicyclic) bond motifs is 1. The highest BCUT2D eigenvalue weighted by molar-refractivity contribution is 5.64. The van der Waals surface area contributed by atoms with Gasteiger partial charge in [0.25, 0.3) is 0 Å². The Morgan fingerprint density at radius 3 is 2.59 bits per heavy atom. The number of ether oxygens (including phenoxy) is 2. The average molecular weight is 403 g/mol. The van der Waals surface area contributed by atoms with Crippen LogP contribution in [0.1, 0.15) is 30.6 Å². The van der Waals surface area contributed by atoms with Crippen molar-refractivity contribution in [1.29, 1.82) is 0 Å². The summed E-state index contributed by atoms with van der Waals surface area (Å²) in [6.07, 6.45) is 5.95. The average Bonchev–Trinajstić information content (AvgIpc) is 3.51. The summed E-state index contributed by atoms with van der Waals surface area (Å²) < 4.78 is 37.5. The van der Waals surface area contributed by atoms with Gasteiger partial charge in [0.2, 0.25) is 0 Å².